The van der Waals surface area contributed by atoms with Crippen LogP contribution in [0.2, 0.25) is 0 Å². The fourth-order valence-electron chi connectivity index (χ4n) is 0.927. The number of nitro groups is 1. The Labute approximate surface area is 91.6 Å². The number of nitrogens with two attached hydrogens (primary N) is 2. The topological polar surface area (TPSA) is 157 Å². The van der Waals surface area contributed by atoms with Crippen molar-refractivity contribution in [3.05, 3.63) is 10.1 Å². The molecule has 9 heteroatoms. The number of hydrogen-bond donors (Lipinski definition) is 4. The van der Waals surface area contributed by atoms with Crippen LogP contribution >= 0.6 is 0 Å². The molecule has 0 aromatic carbocycles. The molecule has 0 amide bonds. The van der Waals surface area contributed by atoms with Crippen molar-refractivity contribution in [2.45, 2.75) is 18.9 Å². The van der Waals surface area contributed by atoms with E-state index in [0.717, 1.165) is 0 Å². The highest BCUT2D eigenvalue weighted by Gasteiger charge is 2.09. The van der Waals surface area contributed by atoms with E-state index in [4.69, 9.17) is 16.6 Å². The zero-order valence-corrected chi connectivity index (χ0v) is 8.63. The minimum atomic E-state index is -1.05. The molecule has 9 nitrogen and oxygen atoms in total. The fourth-order valence-corrected chi connectivity index (χ4v) is 0.927. The smallest absolute Gasteiger partial charge is 0.320 e. The highest BCUT2D eigenvalue weighted by molar-refractivity contribution is 5.81. The molecule has 0 saturated heterocycles. The second-order valence-corrected chi connectivity index (χ2v) is 3.09. The average Bonchev–Trinajstić information content (AvgIpc) is 2.15. The van der Waals surface area contributed by atoms with Crippen LogP contribution in [0.4, 0.5) is 0 Å². The van der Waals surface area contributed by atoms with Crippen molar-refractivity contribution in [3.63, 3.8) is 0 Å². The van der Waals surface area contributed by atoms with E-state index in [1.165, 1.54) is 0 Å². The van der Waals surface area contributed by atoms with E-state index in [1.54, 1.807) is 0 Å². The third kappa shape index (κ3) is 7.64. The van der Waals surface area contributed by atoms with Gasteiger partial charge in [0.05, 0.1) is 11.6 Å². The molecule has 0 heterocycles. The van der Waals surface area contributed by atoms with Gasteiger partial charge < -0.3 is 21.9 Å². The molecule has 0 fully saturated rings. The van der Waals surface area contributed by atoms with Crippen LogP contribution in [0.25, 0.3) is 0 Å². The summed E-state index contributed by atoms with van der Waals surface area (Å²) in [4.78, 5) is 20.2. The lowest BCUT2D eigenvalue weighted by Gasteiger charge is -2.06. The molecule has 0 spiro atoms. The maximum Gasteiger partial charge on any atom is 0.320 e. The number of nitrogens with one attached hydrogen (secondary N) is 1. The van der Waals surface area contributed by atoms with E-state index < -0.39 is 17.0 Å². The zero-order chi connectivity index (χ0) is 12.6. The standard InChI is InChI=1S/C7H15N5O4/c8-5(7(13)14)2-1-3-10-4-6(9)11-12(15)16/h5,10H,1-4,8H2,(H2,9,11)(H,13,14)/t5-/m1/s1. The van der Waals surface area contributed by atoms with Crippen LogP contribution in [0, 0.1) is 10.1 Å². The molecular weight excluding hydrogens is 218 g/mol. The highest BCUT2D eigenvalue weighted by atomic mass is 16.7. The summed E-state index contributed by atoms with van der Waals surface area (Å²) in [5.41, 5.74) is 10.5. The molecule has 0 saturated carbocycles. The van der Waals surface area contributed by atoms with Gasteiger partial charge in [0.1, 0.15) is 6.04 Å². The Bertz CT molecular complexity index is 280. The summed E-state index contributed by atoms with van der Waals surface area (Å²) in [7, 11) is 0. The Kier molecular flexibility index (Phi) is 6.72. The van der Waals surface area contributed by atoms with Crippen LogP contribution in [0.1, 0.15) is 12.8 Å². The molecule has 16 heavy (non-hydrogen) atoms. The lowest BCUT2D eigenvalue weighted by molar-refractivity contribution is -0.485. The molecule has 0 unspecified atom stereocenters. The van der Waals surface area contributed by atoms with Gasteiger partial charge in [-0.3, -0.25) is 4.79 Å². The number of carboxylic acids is 1. The first-order valence-corrected chi connectivity index (χ1v) is 4.60. The molecular formula is C7H15N5O4. The number of rotatable bonds is 8. The quantitative estimate of drug-likeness (QED) is 0.128. The molecule has 0 aromatic rings. The van der Waals surface area contributed by atoms with Crippen LogP contribution in [-0.4, -0.2) is 41.1 Å². The van der Waals surface area contributed by atoms with Crippen molar-refractivity contribution in [1.29, 1.82) is 0 Å². The number of aliphatic carboxylic acids is 1. The first-order valence-electron chi connectivity index (χ1n) is 4.60. The normalized spacial score (nSPS) is 13.4. The van der Waals surface area contributed by atoms with Gasteiger partial charge in [-0.25, -0.2) is 10.1 Å². The fraction of sp³-hybridized carbons (Fsp3) is 0.714. The van der Waals surface area contributed by atoms with Gasteiger partial charge in [0.25, 0.3) is 0 Å². The average molecular weight is 233 g/mol. The third-order valence-corrected chi connectivity index (χ3v) is 1.70. The van der Waals surface area contributed by atoms with E-state index in [-0.39, 0.29) is 12.4 Å². The second-order valence-electron chi connectivity index (χ2n) is 3.09. The van der Waals surface area contributed by atoms with Crippen molar-refractivity contribution >= 4 is 11.8 Å². The summed E-state index contributed by atoms with van der Waals surface area (Å²) in [5, 5.41) is 23.1. The Morgan fingerprint density at radius 2 is 2.25 bits per heavy atom. The molecule has 0 rings (SSSR count). The summed E-state index contributed by atoms with van der Waals surface area (Å²) < 4.78 is 0. The Balaban J connectivity index is 3.54. The van der Waals surface area contributed by atoms with Gasteiger partial charge in [-0.15, -0.1) is 0 Å². The van der Waals surface area contributed by atoms with E-state index in [2.05, 4.69) is 10.4 Å². The summed E-state index contributed by atoms with van der Waals surface area (Å²) >= 11 is 0. The lowest BCUT2D eigenvalue weighted by atomic mass is 10.2. The van der Waals surface area contributed by atoms with Gasteiger partial charge in [-0.05, 0) is 19.4 Å². The molecule has 0 radical (unpaired) electrons. The van der Waals surface area contributed by atoms with Crippen LogP contribution in [0.5, 0.6) is 0 Å². The molecule has 0 aliphatic heterocycles. The Hall–Kier alpha value is -1.74. The minimum Gasteiger partial charge on any atom is -0.480 e. The number of carboxylic acid groups (broad SMARTS) is 1. The Morgan fingerprint density at radius 3 is 2.75 bits per heavy atom. The summed E-state index contributed by atoms with van der Waals surface area (Å²) in [6, 6.07) is -0.883. The van der Waals surface area contributed by atoms with E-state index in [0.29, 0.717) is 19.4 Å². The zero-order valence-electron chi connectivity index (χ0n) is 8.63. The molecule has 0 bridgehead atoms. The molecule has 92 valence electrons. The van der Waals surface area contributed by atoms with Crippen molar-refractivity contribution in [3.8, 4) is 0 Å². The summed E-state index contributed by atoms with van der Waals surface area (Å²) in [5.74, 6) is -1.18. The molecule has 0 aromatic heterocycles. The number of hydrogen-bond acceptors (Lipinski definition) is 5. The van der Waals surface area contributed by atoms with Gasteiger partial charge in [-0.2, -0.15) is 0 Å². The van der Waals surface area contributed by atoms with Crippen molar-refractivity contribution in [2.75, 3.05) is 13.1 Å². The van der Waals surface area contributed by atoms with Crippen molar-refractivity contribution in [1.82, 2.24) is 5.32 Å². The van der Waals surface area contributed by atoms with E-state index >= 15 is 0 Å². The van der Waals surface area contributed by atoms with Crippen LogP contribution in [-0.2, 0) is 4.79 Å². The predicted molar refractivity (Wildman–Crippen MR) is 56.3 cm³/mol. The Morgan fingerprint density at radius 1 is 1.62 bits per heavy atom. The third-order valence-electron chi connectivity index (χ3n) is 1.70. The predicted octanol–water partition coefficient (Wildman–Crippen LogP) is -1.68. The first-order chi connectivity index (χ1) is 7.43. The van der Waals surface area contributed by atoms with Gasteiger partial charge >= 0.3 is 5.97 Å². The minimum absolute atomic E-state index is 0.0866. The van der Waals surface area contributed by atoms with Crippen molar-refractivity contribution < 1.29 is 14.9 Å². The van der Waals surface area contributed by atoms with Gasteiger partial charge in [0.15, 0.2) is 10.9 Å². The molecule has 0 aliphatic carbocycles. The van der Waals surface area contributed by atoms with E-state index in [1.807, 2.05) is 0 Å². The number of nitrogens with zero attached hydrogens (tertiary/aromatic N) is 2. The number of amidine groups is 1. The van der Waals surface area contributed by atoms with Gasteiger partial charge in [0, 0.05) is 0 Å². The second kappa shape index (κ2) is 7.54. The molecule has 0 aliphatic rings. The lowest BCUT2D eigenvalue weighted by Crippen LogP contribution is -2.33. The maximum absolute atomic E-state index is 10.3. The molecule has 1 atom stereocenters. The number of carbonyl (C=O) groups is 1. The monoisotopic (exact) mass is 233 g/mol. The van der Waals surface area contributed by atoms with Gasteiger partial charge in [0.2, 0.25) is 0 Å². The summed E-state index contributed by atoms with van der Waals surface area (Å²) in [6.07, 6.45) is 0.869. The SMILES string of the molecule is NC(CNCCC[C@@H](N)C(=O)O)=N[N+](=O)[O-]. The van der Waals surface area contributed by atoms with Crippen LogP contribution < -0.4 is 16.8 Å². The first kappa shape index (κ1) is 14.3. The van der Waals surface area contributed by atoms with Crippen LogP contribution in [0.3, 0.4) is 0 Å². The number of hydrazone groups is 1. The summed E-state index contributed by atoms with van der Waals surface area (Å²) in [6.45, 7) is 0.554. The van der Waals surface area contributed by atoms with Crippen molar-refractivity contribution in [2.24, 2.45) is 16.6 Å². The van der Waals surface area contributed by atoms with Crippen LogP contribution in [0.15, 0.2) is 5.10 Å². The highest BCUT2D eigenvalue weighted by Crippen LogP contribution is 1.92. The molecule has 6 N–H and O–H groups in total. The van der Waals surface area contributed by atoms with Gasteiger partial charge in [-0.1, -0.05) is 0 Å². The maximum atomic E-state index is 10.3. The van der Waals surface area contributed by atoms with E-state index in [9.17, 15) is 14.9 Å². The largest absolute Gasteiger partial charge is 0.480 e.